The number of carbonyl (C=O) groups excluding carboxylic acids is 2. The minimum absolute atomic E-state index is 0.0277. The van der Waals surface area contributed by atoms with E-state index in [1.165, 1.54) is 0 Å². The van der Waals surface area contributed by atoms with Crippen LogP contribution in [-0.2, 0) is 11.2 Å². The predicted octanol–water partition coefficient (Wildman–Crippen LogP) is 2.67. The van der Waals surface area contributed by atoms with Crippen molar-refractivity contribution in [3.8, 4) is 11.5 Å². The maximum atomic E-state index is 12.5. The molecule has 6 nitrogen and oxygen atoms in total. The Hall–Kier alpha value is -3.02. The Morgan fingerprint density at radius 2 is 1.68 bits per heavy atom. The molecule has 0 radical (unpaired) electrons. The summed E-state index contributed by atoms with van der Waals surface area (Å²) in [6.45, 7) is 1.30. The average molecular weight is 382 g/mol. The van der Waals surface area contributed by atoms with Gasteiger partial charge in [-0.2, -0.15) is 0 Å². The van der Waals surface area contributed by atoms with E-state index >= 15 is 0 Å². The normalized spacial score (nSPS) is 14.4. The Balaban J connectivity index is 1.49. The van der Waals surface area contributed by atoms with Gasteiger partial charge in [0.05, 0.1) is 20.6 Å². The average Bonchev–Trinajstić information content (AvgIpc) is 2.74. The molecule has 1 saturated heterocycles. The summed E-state index contributed by atoms with van der Waals surface area (Å²) >= 11 is 0. The third kappa shape index (κ3) is 4.82. The van der Waals surface area contributed by atoms with Gasteiger partial charge in [0.15, 0.2) is 11.5 Å². The highest BCUT2D eigenvalue weighted by Crippen LogP contribution is 2.27. The molecule has 0 spiro atoms. The maximum absolute atomic E-state index is 12.5. The van der Waals surface area contributed by atoms with Gasteiger partial charge in [0.1, 0.15) is 0 Å². The number of nitrogens with zero attached hydrogens (tertiary/aromatic N) is 1. The van der Waals surface area contributed by atoms with Crippen molar-refractivity contribution < 1.29 is 19.1 Å². The highest BCUT2D eigenvalue weighted by Gasteiger charge is 2.24. The number of likely N-dealkylation sites (tertiary alicyclic amines) is 1. The Labute approximate surface area is 165 Å². The zero-order valence-electron chi connectivity index (χ0n) is 16.3. The largest absolute Gasteiger partial charge is 0.493 e. The zero-order valence-corrected chi connectivity index (χ0v) is 16.3. The number of nitrogens with one attached hydrogen (secondary N) is 1. The van der Waals surface area contributed by atoms with Crippen molar-refractivity contribution in [1.29, 1.82) is 0 Å². The van der Waals surface area contributed by atoms with E-state index in [9.17, 15) is 9.59 Å². The van der Waals surface area contributed by atoms with Crippen molar-refractivity contribution in [3.05, 3.63) is 59.7 Å². The lowest BCUT2D eigenvalue weighted by atomic mass is 10.0. The summed E-state index contributed by atoms with van der Waals surface area (Å²) in [6, 6.07) is 14.9. The first-order valence-corrected chi connectivity index (χ1v) is 9.45. The summed E-state index contributed by atoms with van der Waals surface area (Å²) in [4.78, 5) is 26.8. The van der Waals surface area contributed by atoms with Crippen LogP contribution in [0.25, 0.3) is 0 Å². The van der Waals surface area contributed by atoms with E-state index in [-0.39, 0.29) is 24.3 Å². The molecule has 1 N–H and O–H groups in total. The predicted molar refractivity (Wildman–Crippen MR) is 107 cm³/mol. The number of amides is 2. The first-order chi connectivity index (χ1) is 13.6. The van der Waals surface area contributed by atoms with Crippen molar-refractivity contribution in [2.45, 2.75) is 25.3 Å². The third-order valence-corrected chi connectivity index (χ3v) is 4.98. The molecular weight excluding hydrogens is 356 g/mol. The van der Waals surface area contributed by atoms with Crippen molar-refractivity contribution >= 4 is 11.8 Å². The highest BCUT2D eigenvalue weighted by atomic mass is 16.5. The number of benzene rings is 2. The molecule has 0 unspecified atom stereocenters. The molecular formula is C22H26N2O4. The van der Waals surface area contributed by atoms with Gasteiger partial charge >= 0.3 is 0 Å². The second kappa shape index (κ2) is 9.26. The number of methoxy groups -OCH3 is 2. The molecule has 0 saturated carbocycles. The highest BCUT2D eigenvalue weighted by molar-refractivity contribution is 5.94. The van der Waals surface area contributed by atoms with Crippen LogP contribution in [0.4, 0.5) is 0 Å². The topological polar surface area (TPSA) is 67.9 Å². The standard InChI is InChI=1S/C22H26N2O4/c1-27-19-9-8-16(14-20(19)28-2)15-21(25)23-18-10-12-24(13-11-18)22(26)17-6-4-3-5-7-17/h3-9,14,18H,10-13,15H2,1-2H3,(H,23,25). The third-order valence-electron chi connectivity index (χ3n) is 4.98. The lowest BCUT2D eigenvalue weighted by molar-refractivity contribution is -0.121. The Kier molecular flexibility index (Phi) is 6.53. The van der Waals surface area contributed by atoms with E-state index in [4.69, 9.17) is 9.47 Å². The minimum Gasteiger partial charge on any atom is -0.493 e. The number of carbonyl (C=O) groups is 2. The van der Waals surface area contributed by atoms with Gasteiger partial charge in [-0.05, 0) is 42.7 Å². The summed E-state index contributed by atoms with van der Waals surface area (Å²) < 4.78 is 10.5. The molecule has 28 heavy (non-hydrogen) atoms. The summed E-state index contributed by atoms with van der Waals surface area (Å²) in [5.74, 6) is 1.28. The van der Waals surface area contributed by atoms with Crippen LogP contribution in [0.5, 0.6) is 11.5 Å². The van der Waals surface area contributed by atoms with E-state index in [0.717, 1.165) is 18.4 Å². The maximum Gasteiger partial charge on any atom is 0.253 e. The quantitative estimate of drug-likeness (QED) is 0.834. The summed E-state index contributed by atoms with van der Waals surface area (Å²) in [7, 11) is 3.16. The van der Waals surface area contributed by atoms with Crippen LogP contribution in [0.15, 0.2) is 48.5 Å². The van der Waals surface area contributed by atoms with Gasteiger partial charge in [0.25, 0.3) is 5.91 Å². The molecule has 0 bridgehead atoms. The molecule has 0 aromatic heterocycles. The molecule has 0 aliphatic carbocycles. The van der Waals surface area contributed by atoms with Crippen molar-refractivity contribution in [2.24, 2.45) is 0 Å². The van der Waals surface area contributed by atoms with Gasteiger partial charge in [0.2, 0.25) is 5.91 Å². The first-order valence-electron chi connectivity index (χ1n) is 9.45. The fourth-order valence-corrected chi connectivity index (χ4v) is 3.44. The van der Waals surface area contributed by atoms with Gasteiger partial charge in [-0.1, -0.05) is 24.3 Å². The molecule has 148 valence electrons. The SMILES string of the molecule is COc1ccc(CC(=O)NC2CCN(C(=O)c3ccccc3)CC2)cc1OC. The summed E-state index contributed by atoms with van der Waals surface area (Å²) in [5, 5.41) is 3.08. The molecule has 1 aliphatic rings. The molecule has 6 heteroatoms. The smallest absolute Gasteiger partial charge is 0.253 e. The number of hydrogen-bond acceptors (Lipinski definition) is 4. The van der Waals surface area contributed by atoms with Gasteiger partial charge < -0.3 is 19.7 Å². The van der Waals surface area contributed by atoms with Gasteiger partial charge in [0, 0.05) is 24.7 Å². The zero-order chi connectivity index (χ0) is 19.9. The number of ether oxygens (including phenoxy) is 2. The van der Waals surface area contributed by atoms with Crippen molar-refractivity contribution in [1.82, 2.24) is 10.2 Å². The van der Waals surface area contributed by atoms with Crippen LogP contribution in [-0.4, -0.2) is 50.1 Å². The summed E-state index contributed by atoms with van der Waals surface area (Å²) in [5.41, 5.74) is 1.57. The summed E-state index contributed by atoms with van der Waals surface area (Å²) in [6.07, 6.45) is 1.80. The Bertz CT molecular complexity index is 815. The van der Waals surface area contributed by atoms with E-state index in [1.807, 2.05) is 47.4 Å². The van der Waals surface area contributed by atoms with Crippen LogP contribution in [0.1, 0.15) is 28.8 Å². The van der Waals surface area contributed by atoms with Crippen LogP contribution < -0.4 is 14.8 Å². The van der Waals surface area contributed by atoms with Crippen molar-refractivity contribution in [3.63, 3.8) is 0 Å². The lowest BCUT2D eigenvalue weighted by Gasteiger charge is -2.32. The fourth-order valence-electron chi connectivity index (χ4n) is 3.44. The number of rotatable bonds is 6. The molecule has 1 heterocycles. The number of hydrogen-bond donors (Lipinski definition) is 1. The van der Waals surface area contributed by atoms with Gasteiger partial charge in [-0.25, -0.2) is 0 Å². The fraction of sp³-hybridized carbons (Fsp3) is 0.364. The van der Waals surface area contributed by atoms with Gasteiger partial charge in [-0.3, -0.25) is 9.59 Å². The lowest BCUT2D eigenvalue weighted by Crippen LogP contribution is -2.46. The molecule has 1 aliphatic heterocycles. The van der Waals surface area contributed by atoms with Crippen LogP contribution in [0, 0.1) is 0 Å². The van der Waals surface area contributed by atoms with E-state index < -0.39 is 0 Å². The molecule has 2 aromatic carbocycles. The van der Waals surface area contributed by atoms with Crippen LogP contribution >= 0.6 is 0 Å². The first kappa shape index (κ1) is 19.7. The minimum atomic E-state index is -0.0277. The van der Waals surface area contributed by atoms with E-state index in [2.05, 4.69) is 5.32 Å². The Morgan fingerprint density at radius 1 is 1.00 bits per heavy atom. The monoisotopic (exact) mass is 382 g/mol. The van der Waals surface area contributed by atoms with Gasteiger partial charge in [-0.15, -0.1) is 0 Å². The van der Waals surface area contributed by atoms with E-state index in [1.54, 1.807) is 20.3 Å². The molecule has 2 amide bonds. The number of piperidine rings is 1. The molecule has 0 atom stereocenters. The molecule has 1 fully saturated rings. The van der Waals surface area contributed by atoms with E-state index in [0.29, 0.717) is 30.2 Å². The molecule has 2 aromatic rings. The molecule has 3 rings (SSSR count). The van der Waals surface area contributed by atoms with Crippen molar-refractivity contribution in [2.75, 3.05) is 27.3 Å². The second-order valence-corrected chi connectivity index (χ2v) is 6.87. The second-order valence-electron chi connectivity index (χ2n) is 6.87. The van der Waals surface area contributed by atoms with Crippen LogP contribution in [0.3, 0.4) is 0 Å². The Morgan fingerprint density at radius 3 is 2.32 bits per heavy atom. The van der Waals surface area contributed by atoms with Crippen LogP contribution in [0.2, 0.25) is 0 Å².